The molecule has 2 aromatic rings. The Kier molecular flexibility index (Phi) is 3.62. The Morgan fingerprint density at radius 1 is 1.22 bits per heavy atom. The quantitative estimate of drug-likeness (QED) is 0.823. The zero-order chi connectivity index (χ0) is 11.7. The van der Waals surface area contributed by atoms with E-state index in [1.54, 1.807) is 0 Å². The van der Waals surface area contributed by atoms with Crippen molar-refractivity contribution in [3.05, 3.63) is 30.0 Å². The maximum absolute atomic E-state index is 4.46. The van der Waals surface area contributed by atoms with Gasteiger partial charge in [0.25, 0.3) is 0 Å². The number of hydrogen-bond donors (Lipinski definition) is 2. The molecule has 0 amide bonds. The van der Waals surface area contributed by atoms with E-state index in [1.165, 1.54) is 0 Å². The van der Waals surface area contributed by atoms with Crippen LogP contribution < -0.4 is 10.6 Å². The van der Waals surface area contributed by atoms with Crippen molar-refractivity contribution in [3.8, 4) is 0 Å². The Bertz CT molecular complexity index is 596. The minimum Gasteiger partial charge on any atom is -0.354 e. The Balaban J connectivity index is 0.00000120. The number of rotatable bonds is 1. The second kappa shape index (κ2) is 5.18. The summed E-state index contributed by atoms with van der Waals surface area (Å²) in [5.41, 5.74) is 1.91. The molecule has 1 aromatic carbocycles. The molecular formula is C12H14ClN5. The van der Waals surface area contributed by atoms with Crippen LogP contribution in [0.15, 0.2) is 29.3 Å². The van der Waals surface area contributed by atoms with Crippen LogP contribution in [-0.2, 0) is 0 Å². The van der Waals surface area contributed by atoms with E-state index in [4.69, 9.17) is 0 Å². The summed E-state index contributed by atoms with van der Waals surface area (Å²) in [6, 6.07) is 7.98. The molecule has 3 rings (SSSR count). The number of hydrogen-bond acceptors (Lipinski definition) is 5. The SMILES string of the molecule is Cc1nc(NC2=NCCN2)nc2ccccc12.Cl. The smallest absolute Gasteiger partial charge is 0.230 e. The summed E-state index contributed by atoms with van der Waals surface area (Å²) in [5.74, 6) is 1.34. The van der Waals surface area contributed by atoms with Crippen LogP contribution in [0.5, 0.6) is 0 Å². The Labute approximate surface area is 111 Å². The van der Waals surface area contributed by atoms with Gasteiger partial charge < -0.3 is 5.32 Å². The molecule has 1 aliphatic rings. The third-order valence-corrected chi connectivity index (χ3v) is 2.70. The number of nitrogens with zero attached hydrogens (tertiary/aromatic N) is 3. The molecule has 2 N–H and O–H groups in total. The summed E-state index contributed by atoms with van der Waals surface area (Å²) < 4.78 is 0. The summed E-state index contributed by atoms with van der Waals surface area (Å²) in [7, 11) is 0. The van der Waals surface area contributed by atoms with Crippen molar-refractivity contribution in [1.29, 1.82) is 0 Å². The number of benzene rings is 1. The van der Waals surface area contributed by atoms with Crippen molar-refractivity contribution in [2.45, 2.75) is 6.92 Å². The summed E-state index contributed by atoms with van der Waals surface area (Å²) in [5, 5.41) is 7.30. The molecule has 6 heteroatoms. The minimum atomic E-state index is 0. The lowest BCUT2D eigenvalue weighted by atomic mass is 10.2. The molecule has 5 nitrogen and oxygen atoms in total. The average molecular weight is 264 g/mol. The van der Waals surface area contributed by atoms with Crippen LogP contribution in [0.25, 0.3) is 10.9 Å². The molecule has 1 aliphatic heterocycles. The zero-order valence-corrected chi connectivity index (χ0v) is 10.8. The van der Waals surface area contributed by atoms with Gasteiger partial charge in [0.05, 0.1) is 17.8 Å². The second-order valence-corrected chi connectivity index (χ2v) is 3.93. The third kappa shape index (κ3) is 2.36. The number of halogens is 1. The molecule has 0 bridgehead atoms. The molecule has 0 radical (unpaired) electrons. The van der Waals surface area contributed by atoms with Gasteiger partial charge in [-0.1, -0.05) is 18.2 Å². The van der Waals surface area contributed by atoms with E-state index < -0.39 is 0 Å². The lowest BCUT2D eigenvalue weighted by Crippen LogP contribution is -2.27. The molecule has 0 fully saturated rings. The Morgan fingerprint density at radius 2 is 2.06 bits per heavy atom. The monoisotopic (exact) mass is 263 g/mol. The van der Waals surface area contributed by atoms with Gasteiger partial charge in [0, 0.05) is 11.9 Å². The van der Waals surface area contributed by atoms with Gasteiger partial charge in [-0.3, -0.25) is 10.3 Å². The van der Waals surface area contributed by atoms with Crippen LogP contribution in [0.4, 0.5) is 5.95 Å². The van der Waals surface area contributed by atoms with Crippen LogP contribution in [-0.4, -0.2) is 29.0 Å². The van der Waals surface area contributed by atoms with Gasteiger partial charge in [-0.2, -0.15) is 0 Å². The number of anilines is 1. The summed E-state index contributed by atoms with van der Waals surface area (Å²) in [6.45, 7) is 3.66. The molecule has 0 unspecified atom stereocenters. The molecule has 94 valence electrons. The first-order chi connectivity index (χ1) is 8.33. The minimum absolute atomic E-state index is 0. The Hall–Kier alpha value is -1.88. The number of fused-ring (bicyclic) bond motifs is 1. The number of aliphatic imine (C=N–C) groups is 1. The number of para-hydroxylation sites is 1. The molecule has 0 saturated heterocycles. The van der Waals surface area contributed by atoms with Crippen LogP contribution in [0.3, 0.4) is 0 Å². The standard InChI is InChI=1S/C12H13N5.ClH/c1-8-9-4-2-3-5-10(9)16-12(15-8)17-11-13-6-7-14-11;/h2-5H,6-7H2,1H3,(H2,13,14,15,16,17);1H. The number of aryl methyl sites for hydroxylation is 1. The van der Waals surface area contributed by atoms with Crippen LogP contribution >= 0.6 is 12.4 Å². The highest BCUT2D eigenvalue weighted by molar-refractivity contribution is 5.94. The molecular weight excluding hydrogens is 250 g/mol. The number of guanidine groups is 1. The van der Waals surface area contributed by atoms with Gasteiger partial charge in [0.15, 0.2) is 5.96 Å². The van der Waals surface area contributed by atoms with Gasteiger partial charge in [-0.25, -0.2) is 9.97 Å². The van der Waals surface area contributed by atoms with Crippen LogP contribution in [0.1, 0.15) is 5.69 Å². The fourth-order valence-corrected chi connectivity index (χ4v) is 1.88. The molecule has 0 atom stereocenters. The van der Waals surface area contributed by atoms with Crippen LogP contribution in [0, 0.1) is 6.92 Å². The maximum atomic E-state index is 4.46. The summed E-state index contributed by atoms with van der Waals surface area (Å²) >= 11 is 0. The number of aromatic nitrogens is 2. The van der Waals surface area contributed by atoms with Crippen molar-refractivity contribution < 1.29 is 0 Å². The fourth-order valence-electron chi connectivity index (χ4n) is 1.88. The highest BCUT2D eigenvalue weighted by atomic mass is 35.5. The van der Waals surface area contributed by atoms with E-state index in [9.17, 15) is 0 Å². The van der Waals surface area contributed by atoms with E-state index in [2.05, 4.69) is 25.6 Å². The molecule has 2 heterocycles. The van der Waals surface area contributed by atoms with Crippen LogP contribution in [0.2, 0.25) is 0 Å². The van der Waals surface area contributed by atoms with Gasteiger partial charge in [0.2, 0.25) is 5.95 Å². The topological polar surface area (TPSA) is 62.2 Å². The summed E-state index contributed by atoms with van der Waals surface area (Å²) in [6.07, 6.45) is 0. The van der Waals surface area contributed by atoms with E-state index in [-0.39, 0.29) is 12.4 Å². The van der Waals surface area contributed by atoms with Gasteiger partial charge >= 0.3 is 0 Å². The van der Waals surface area contributed by atoms with E-state index >= 15 is 0 Å². The molecule has 1 aromatic heterocycles. The van der Waals surface area contributed by atoms with Gasteiger partial charge in [-0.05, 0) is 13.0 Å². The predicted octanol–water partition coefficient (Wildman–Crippen LogP) is 1.73. The molecule has 0 spiro atoms. The largest absolute Gasteiger partial charge is 0.354 e. The van der Waals surface area contributed by atoms with E-state index in [0.29, 0.717) is 5.95 Å². The van der Waals surface area contributed by atoms with Crippen molar-refractivity contribution in [1.82, 2.24) is 15.3 Å². The second-order valence-electron chi connectivity index (χ2n) is 3.93. The third-order valence-electron chi connectivity index (χ3n) is 2.70. The maximum Gasteiger partial charge on any atom is 0.230 e. The lowest BCUT2D eigenvalue weighted by molar-refractivity contribution is 0.958. The first-order valence-corrected chi connectivity index (χ1v) is 5.62. The molecule has 18 heavy (non-hydrogen) atoms. The number of nitrogens with one attached hydrogen (secondary N) is 2. The van der Waals surface area contributed by atoms with E-state index in [0.717, 1.165) is 35.6 Å². The Morgan fingerprint density at radius 3 is 2.83 bits per heavy atom. The first-order valence-electron chi connectivity index (χ1n) is 5.62. The predicted molar refractivity (Wildman–Crippen MR) is 75.5 cm³/mol. The lowest BCUT2D eigenvalue weighted by Gasteiger charge is -2.07. The first kappa shape index (κ1) is 12.6. The highest BCUT2D eigenvalue weighted by Gasteiger charge is 2.08. The fraction of sp³-hybridized carbons (Fsp3) is 0.250. The highest BCUT2D eigenvalue weighted by Crippen LogP contribution is 2.16. The van der Waals surface area contributed by atoms with Crippen molar-refractivity contribution in [2.24, 2.45) is 4.99 Å². The zero-order valence-electron chi connectivity index (χ0n) is 9.97. The average Bonchev–Trinajstić information content (AvgIpc) is 2.82. The summed E-state index contributed by atoms with van der Waals surface area (Å²) in [4.78, 5) is 13.1. The molecule has 0 aliphatic carbocycles. The molecule has 0 saturated carbocycles. The van der Waals surface area contributed by atoms with Gasteiger partial charge in [0.1, 0.15) is 0 Å². The van der Waals surface area contributed by atoms with Crippen molar-refractivity contribution >= 4 is 35.2 Å². The van der Waals surface area contributed by atoms with Crippen molar-refractivity contribution in [2.75, 3.05) is 18.4 Å². The normalized spacial score (nSPS) is 13.7. The van der Waals surface area contributed by atoms with Gasteiger partial charge in [-0.15, -0.1) is 12.4 Å². The van der Waals surface area contributed by atoms with E-state index in [1.807, 2.05) is 31.2 Å². The van der Waals surface area contributed by atoms with Crippen molar-refractivity contribution in [3.63, 3.8) is 0 Å².